The lowest BCUT2D eigenvalue weighted by atomic mass is 10.0. The van der Waals surface area contributed by atoms with E-state index in [2.05, 4.69) is 4.72 Å². The lowest BCUT2D eigenvalue weighted by Gasteiger charge is -2.30. The van der Waals surface area contributed by atoms with Crippen LogP contribution in [-0.4, -0.2) is 43.5 Å². The van der Waals surface area contributed by atoms with Gasteiger partial charge in [-0.15, -0.1) is 0 Å². The third-order valence-corrected chi connectivity index (χ3v) is 5.98. The summed E-state index contributed by atoms with van der Waals surface area (Å²) in [4.78, 5) is 14.4. The second-order valence-electron chi connectivity index (χ2n) is 6.61. The summed E-state index contributed by atoms with van der Waals surface area (Å²) < 4.78 is 40.6. The summed E-state index contributed by atoms with van der Waals surface area (Å²) in [6.45, 7) is 2.62. The number of amides is 1. The summed E-state index contributed by atoms with van der Waals surface area (Å²) in [5, 5.41) is 9.59. The molecule has 0 bridgehead atoms. The zero-order chi connectivity index (χ0) is 19.6. The van der Waals surface area contributed by atoms with Crippen molar-refractivity contribution in [3.8, 4) is 0 Å². The molecule has 0 saturated carbocycles. The molecule has 0 atom stereocenters. The fourth-order valence-electron chi connectivity index (χ4n) is 2.97. The Kier molecular flexibility index (Phi) is 5.48. The quantitative estimate of drug-likeness (QED) is 0.837. The zero-order valence-corrected chi connectivity index (χ0v) is 15.7. The first kappa shape index (κ1) is 19.3. The topological polar surface area (TPSA) is 86.7 Å². The van der Waals surface area contributed by atoms with Gasteiger partial charge in [0, 0.05) is 24.3 Å². The van der Waals surface area contributed by atoms with Crippen molar-refractivity contribution >= 4 is 21.6 Å². The van der Waals surface area contributed by atoms with Crippen molar-refractivity contribution in [2.75, 3.05) is 17.8 Å². The summed E-state index contributed by atoms with van der Waals surface area (Å²) in [6, 6.07) is 9.34. The lowest BCUT2D eigenvalue weighted by molar-refractivity contribution is 0.0545. The van der Waals surface area contributed by atoms with Crippen LogP contribution in [0.25, 0.3) is 0 Å². The van der Waals surface area contributed by atoms with Gasteiger partial charge in [-0.2, -0.15) is 0 Å². The van der Waals surface area contributed by atoms with E-state index in [1.54, 1.807) is 17.9 Å². The molecule has 3 rings (SSSR count). The van der Waals surface area contributed by atoms with Crippen LogP contribution in [0.15, 0.2) is 47.4 Å². The minimum atomic E-state index is -3.92. The van der Waals surface area contributed by atoms with Gasteiger partial charge in [-0.05, 0) is 61.7 Å². The van der Waals surface area contributed by atoms with Crippen LogP contribution in [0.3, 0.4) is 0 Å². The molecule has 8 heteroatoms. The number of nitrogens with zero attached hydrogens (tertiary/aromatic N) is 1. The van der Waals surface area contributed by atoms with Gasteiger partial charge in [-0.3, -0.25) is 9.52 Å². The Bertz CT molecular complexity index is 937. The highest BCUT2D eigenvalue weighted by Crippen LogP contribution is 2.22. The molecule has 1 aliphatic rings. The van der Waals surface area contributed by atoms with Gasteiger partial charge in [-0.1, -0.05) is 6.07 Å². The number of aliphatic hydroxyl groups excluding tert-OH is 1. The fourth-order valence-corrected chi connectivity index (χ4v) is 4.05. The summed E-state index contributed by atoms with van der Waals surface area (Å²) in [7, 11) is -3.92. The van der Waals surface area contributed by atoms with Crippen molar-refractivity contribution in [2.24, 2.45) is 0 Å². The molecule has 0 aromatic heterocycles. The first-order chi connectivity index (χ1) is 12.8. The molecular weight excluding hydrogens is 371 g/mol. The monoisotopic (exact) mass is 392 g/mol. The fraction of sp³-hybridized carbons (Fsp3) is 0.316. The van der Waals surface area contributed by atoms with Crippen LogP contribution >= 0.6 is 0 Å². The Balaban J connectivity index is 1.85. The Morgan fingerprint density at radius 3 is 2.41 bits per heavy atom. The van der Waals surface area contributed by atoms with E-state index in [-0.39, 0.29) is 16.5 Å². The molecule has 2 aromatic carbocycles. The molecule has 1 aliphatic heterocycles. The number of halogens is 1. The molecule has 0 unspecified atom stereocenters. The van der Waals surface area contributed by atoms with Crippen molar-refractivity contribution in [3.05, 3.63) is 59.4 Å². The van der Waals surface area contributed by atoms with Crippen LogP contribution in [0.2, 0.25) is 0 Å². The second-order valence-corrected chi connectivity index (χ2v) is 8.29. The molecule has 27 heavy (non-hydrogen) atoms. The minimum absolute atomic E-state index is 0.0437. The maximum Gasteiger partial charge on any atom is 0.261 e. The predicted molar refractivity (Wildman–Crippen MR) is 99.5 cm³/mol. The standard InChI is InChI=1S/C19H21FN2O4S/c1-13-2-7-17(27(25,26)21-15-5-3-14(20)4-6-15)12-18(13)19(24)22-10-8-16(23)9-11-22/h2-7,12,16,21,23H,8-11H2,1H3. The van der Waals surface area contributed by atoms with Gasteiger partial charge in [0.2, 0.25) is 0 Å². The molecular formula is C19H21FN2O4S. The van der Waals surface area contributed by atoms with E-state index in [0.717, 1.165) is 12.1 Å². The molecule has 6 nitrogen and oxygen atoms in total. The van der Waals surface area contributed by atoms with E-state index in [4.69, 9.17) is 0 Å². The van der Waals surface area contributed by atoms with Gasteiger partial charge in [-0.25, -0.2) is 12.8 Å². The Morgan fingerprint density at radius 2 is 1.78 bits per heavy atom. The summed E-state index contributed by atoms with van der Waals surface area (Å²) >= 11 is 0. The number of rotatable bonds is 4. The minimum Gasteiger partial charge on any atom is -0.393 e. The van der Waals surface area contributed by atoms with Gasteiger partial charge in [0.25, 0.3) is 15.9 Å². The van der Waals surface area contributed by atoms with Crippen LogP contribution < -0.4 is 4.72 Å². The molecule has 2 N–H and O–H groups in total. The van der Waals surface area contributed by atoms with E-state index in [0.29, 0.717) is 37.1 Å². The van der Waals surface area contributed by atoms with Crippen LogP contribution in [0.1, 0.15) is 28.8 Å². The van der Waals surface area contributed by atoms with Gasteiger partial charge in [0.1, 0.15) is 5.82 Å². The number of anilines is 1. The largest absolute Gasteiger partial charge is 0.393 e. The third-order valence-electron chi connectivity index (χ3n) is 4.60. The number of carbonyl (C=O) groups excluding carboxylic acids is 1. The van der Waals surface area contributed by atoms with E-state index in [9.17, 15) is 22.7 Å². The highest BCUT2D eigenvalue weighted by molar-refractivity contribution is 7.92. The van der Waals surface area contributed by atoms with E-state index >= 15 is 0 Å². The van der Waals surface area contributed by atoms with Crippen LogP contribution in [-0.2, 0) is 10.0 Å². The van der Waals surface area contributed by atoms with Crippen LogP contribution in [0.4, 0.5) is 10.1 Å². The molecule has 1 heterocycles. The van der Waals surface area contributed by atoms with Crippen molar-refractivity contribution < 1.29 is 22.7 Å². The molecule has 1 saturated heterocycles. The van der Waals surface area contributed by atoms with Gasteiger partial charge < -0.3 is 10.0 Å². The molecule has 2 aromatic rings. The summed E-state index contributed by atoms with van der Waals surface area (Å²) in [6.07, 6.45) is 0.617. The smallest absolute Gasteiger partial charge is 0.261 e. The van der Waals surface area contributed by atoms with Crippen molar-refractivity contribution in [1.29, 1.82) is 0 Å². The van der Waals surface area contributed by atoms with Gasteiger partial charge in [0.15, 0.2) is 0 Å². The normalized spacial score (nSPS) is 15.6. The number of hydrogen-bond acceptors (Lipinski definition) is 4. The molecule has 0 radical (unpaired) electrons. The molecule has 0 aliphatic carbocycles. The first-order valence-electron chi connectivity index (χ1n) is 8.62. The van der Waals surface area contributed by atoms with Crippen molar-refractivity contribution in [1.82, 2.24) is 4.90 Å². The number of nitrogens with one attached hydrogen (secondary N) is 1. The van der Waals surface area contributed by atoms with Gasteiger partial charge in [0.05, 0.1) is 11.0 Å². The molecule has 1 fully saturated rings. The van der Waals surface area contributed by atoms with Crippen LogP contribution in [0.5, 0.6) is 0 Å². The average molecular weight is 392 g/mol. The zero-order valence-electron chi connectivity index (χ0n) is 14.9. The highest BCUT2D eigenvalue weighted by atomic mass is 32.2. The number of sulfonamides is 1. The molecule has 144 valence electrons. The third kappa shape index (κ3) is 4.45. The number of likely N-dealkylation sites (tertiary alicyclic amines) is 1. The SMILES string of the molecule is Cc1ccc(S(=O)(=O)Nc2ccc(F)cc2)cc1C(=O)N1CCC(O)CC1. The maximum absolute atomic E-state index is 13.0. The van der Waals surface area contributed by atoms with E-state index in [1.807, 2.05) is 0 Å². The van der Waals surface area contributed by atoms with Crippen molar-refractivity contribution in [2.45, 2.75) is 30.8 Å². The number of hydrogen-bond donors (Lipinski definition) is 2. The lowest BCUT2D eigenvalue weighted by Crippen LogP contribution is -2.40. The number of benzene rings is 2. The Hall–Kier alpha value is -2.45. The first-order valence-corrected chi connectivity index (χ1v) is 10.1. The van der Waals surface area contributed by atoms with E-state index in [1.165, 1.54) is 24.3 Å². The number of aliphatic hydroxyl groups is 1. The Labute approximate surface area is 157 Å². The molecule has 0 spiro atoms. The number of piperidine rings is 1. The number of carbonyl (C=O) groups is 1. The molecule has 1 amide bonds. The second kappa shape index (κ2) is 7.66. The predicted octanol–water partition coefficient (Wildman–Crippen LogP) is 2.53. The Morgan fingerprint density at radius 1 is 1.15 bits per heavy atom. The van der Waals surface area contributed by atoms with E-state index < -0.39 is 21.9 Å². The maximum atomic E-state index is 13.0. The van der Waals surface area contributed by atoms with Crippen LogP contribution in [0, 0.1) is 12.7 Å². The summed E-state index contributed by atoms with van der Waals surface area (Å²) in [5.74, 6) is -0.717. The summed E-state index contributed by atoms with van der Waals surface area (Å²) in [5.41, 5.74) is 1.22. The number of aryl methyl sites for hydroxylation is 1. The van der Waals surface area contributed by atoms with Crippen molar-refractivity contribution in [3.63, 3.8) is 0 Å². The van der Waals surface area contributed by atoms with Gasteiger partial charge >= 0.3 is 0 Å². The average Bonchev–Trinajstić information content (AvgIpc) is 2.64. The highest BCUT2D eigenvalue weighted by Gasteiger charge is 2.25.